The first kappa shape index (κ1) is 16.5. The summed E-state index contributed by atoms with van der Waals surface area (Å²) in [6.07, 6.45) is 0.968. The van der Waals surface area contributed by atoms with Gasteiger partial charge in [-0.05, 0) is 24.1 Å². The SMILES string of the molecule is CCCOc1ccc(NC(=O)Cc2ccccc2)c([N+](=O)[O-])c1. The van der Waals surface area contributed by atoms with Crippen LogP contribution in [-0.4, -0.2) is 17.4 Å². The van der Waals surface area contributed by atoms with Crippen LogP contribution in [0.2, 0.25) is 0 Å². The second-order valence-electron chi connectivity index (χ2n) is 5.00. The van der Waals surface area contributed by atoms with Crippen molar-refractivity contribution in [2.24, 2.45) is 0 Å². The van der Waals surface area contributed by atoms with E-state index in [0.717, 1.165) is 12.0 Å². The summed E-state index contributed by atoms with van der Waals surface area (Å²) in [5.74, 6) is 0.112. The van der Waals surface area contributed by atoms with Crippen LogP contribution in [0.5, 0.6) is 5.75 Å². The van der Waals surface area contributed by atoms with Crippen LogP contribution in [0.4, 0.5) is 11.4 Å². The monoisotopic (exact) mass is 314 g/mol. The fourth-order valence-corrected chi connectivity index (χ4v) is 2.05. The fraction of sp³-hybridized carbons (Fsp3) is 0.235. The number of carbonyl (C=O) groups excluding carboxylic acids is 1. The lowest BCUT2D eigenvalue weighted by atomic mass is 10.1. The highest BCUT2D eigenvalue weighted by atomic mass is 16.6. The third-order valence-corrected chi connectivity index (χ3v) is 3.12. The Labute approximate surface area is 134 Å². The number of benzene rings is 2. The summed E-state index contributed by atoms with van der Waals surface area (Å²) in [5, 5.41) is 13.8. The van der Waals surface area contributed by atoms with Gasteiger partial charge in [-0.2, -0.15) is 0 Å². The first-order valence-electron chi connectivity index (χ1n) is 7.35. The van der Waals surface area contributed by atoms with Crippen LogP contribution >= 0.6 is 0 Å². The Hall–Kier alpha value is -2.89. The molecule has 2 aromatic rings. The van der Waals surface area contributed by atoms with Gasteiger partial charge in [0.25, 0.3) is 5.69 Å². The van der Waals surface area contributed by atoms with E-state index in [1.165, 1.54) is 12.1 Å². The highest BCUT2D eigenvalue weighted by Gasteiger charge is 2.17. The van der Waals surface area contributed by atoms with Crippen LogP contribution < -0.4 is 10.1 Å². The highest BCUT2D eigenvalue weighted by molar-refractivity contribution is 5.94. The Morgan fingerprint density at radius 3 is 2.61 bits per heavy atom. The molecule has 2 rings (SSSR count). The zero-order chi connectivity index (χ0) is 16.7. The van der Waals surface area contributed by atoms with E-state index in [0.29, 0.717) is 12.4 Å². The largest absolute Gasteiger partial charge is 0.493 e. The molecule has 0 aromatic heterocycles. The highest BCUT2D eigenvalue weighted by Crippen LogP contribution is 2.29. The van der Waals surface area contributed by atoms with Crippen molar-refractivity contribution in [2.75, 3.05) is 11.9 Å². The Morgan fingerprint density at radius 1 is 1.22 bits per heavy atom. The fourth-order valence-electron chi connectivity index (χ4n) is 2.05. The van der Waals surface area contributed by atoms with E-state index < -0.39 is 4.92 Å². The van der Waals surface area contributed by atoms with Crippen LogP contribution in [0.15, 0.2) is 48.5 Å². The van der Waals surface area contributed by atoms with E-state index in [-0.39, 0.29) is 23.7 Å². The van der Waals surface area contributed by atoms with Gasteiger partial charge in [-0.15, -0.1) is 0 Å². The molecule has 0 radical (unpaired) electrons. The Balaban J connectivity index is 2.12. The number of nitrogens with zero attached hydrogens (tertiary/aromatic N) is 1. The predicted molar refractivity (Wildman–Crippen MR) is 87.7 cm³/mol. The summed E-state index contributed by atoms with van der Waals surface area (Å²) < 4.78 is 5.38. The van der Waals surface area contributed by atoms with Crippen LogP contribution in [0, 0.1) is 10.1 Å². The molecule has 120 valence electrons. The first-order chi connectivity index (χ1) is 11.1. The van der Waals surface area contributed by atoms with Gasteiger partial charge in [0.2, 0.25) is 5.91 Å². The molecule has 0 saturated carbocycles. The number of carbonyl (C=O) groups is 1. The van der Waals surface area contributed by atoms with Crippen LogP contribution in [0.1, 0.15) is 18.9 Å². The molecule has 0 atom stereocenters. The van der Waals surface area contributed by atoms with Crippen LogP contribution in [0.3, 0.4) is 0 Å². The molecule has 0 fully saturated rings. The average molecular weight is 314 g/mol. The summed E-state index contributed by atoms with van der Waals surface area (Å²) >= 11 is 0. The van der Waals surface area contributed by atoms with Crippen molar-refractivity contribution in [2.45, 2.75) is 19.8 Å². The number of rotatable bonds is 7. The first-order valence-corrected chi connectivity index (χ1v) is 7.35. The van der Waals surface area contributed by atoms with Gasteiger partial charge in [0, 0.05) is 0 Å². The number of nitro benzene ring substituents is 1. The van der Waals surface area contributed by atoms with E-state index in [9.17, 15) is 14.9 Å². The lowest BCUT2D eigenvalue weighted by Crippen LogP contribution is -2.15. The number of anilines is 1. The normalized spacial score (nSPS) is 10.1. The second kappa shape index (κ2) is 7.93. The smallest absolute Gasteiger partial charge is 0.296 e. The van der Waals surface area contributed by atoms with E-state index >= 15 is 0 Å². The van der Waals surface area contributed by atoms with Crippen molar-refractivity contribution in [1.29, 1.82) is 0 Å². The van der Waals surface area contributed by atoms with Gasteiger partial charge in [-0.1, -0.05) is 37.3 Å². The molecule has 6 nitrogen and oxygen atoms in total. The van der Waals surface area contributed by atoms with E-state index in [2.05, 4.69) is 5.32 Å². The molecule has 23 heavy (non-hydrogen) atoms. The summed E-state index contributed by atoms with van der Waals surface area (Å²) in [7, 11) is 0. The van der Waals surface area contributed by atoms with Crippen molar-refractivity contribution in [3.05, 3.63) is 64.2 Å². The minimum atomic E-state index is -0.531. The summed E-state index contributed by atoms with van der Waals surface area (Å²) in [6.45, 7) is 2.43. The summed E-state index contributed by atoms with van der Waals surface area (Å²) in [4.78, 5) is 22.7. The molecule has 0 aliphatic carbocycles. The van der Waals surface area contributed by atoms with Gasteiger partial charge in [-0.25, -0.2) is 0 Å². The van der Waals surface area contributed by atoms with E-state index in [1.54, 1.807) is 6.07 Å². The Bertz CT molecular complexity index is 686. The summed E-state index contributed by atoms with van der Waals surface area (Å²) in [6, 6.07) is 13.6. The lowest BCUT2D eigenvalue weighted by molar-refractivity contribution is -0.384. The van der Waals surface area contributed by atoms with E-state index in [4.69, 9.17) is 4.74 Å². The van der Waals surface area contributed by atoms with Gasteiger partial charge in [0.15, 0.2) is 0 Å². The van der Waals surface area contributed by atoms with Gasteiger partial charge in [0.05, 0.1) is 24.0 Å². The molecular weight excluding hydrogens is 296 g/mol. The topological polar surface area (TPSA) is 81.5 Å². The summed E-state index contributed by atoms with van der Waals surface area (Å²) in [5.41, 5.74) is 0.829. The third-order valence-electron chi connectivity index (χ3n) is 3.12. The number of hydrogen-bond acceptors (Lipinski definition) is 4. The zero-order valence-corrected chi connectivity index (χ0v) is 12.8. The maximum Gasteiger partial charge on any atom is 0.296 e. The second-order valence-corrected chi connectivity index (χ2v) is 5.00. The lowest BCUT2D eigenvalue weighted by Gasteiger charge is -2.09. The number of hydrogen-bond donors (Lipinski definition) is 1. The van der Waals surface area contributed by atoms with Crippen LogP contribution in [-0.2, 0) is 11.2 Å². The molecule has 0 bridgehead atoms. The van der Waals surface area contributed by atoms with Crippen molar-refractivity contribution in [1.82, 2.24) is 0 Å². The number of ether oxygens (including phenoxy) is 1. The average Bonchev–Trinajstić information content (AvgIpc) is 2.54. The standard InChI is InChI=1S/C17H18N2O4/c1-2-10-23-14-8-9-15(16(12-14)19(21)22)18-17(20)11-13-6-4-3-5-7-13/h3-9,12H,2,10-11H2,1H3,(H,18,20). The number of amides is 1. The molecular formula is C17H18N2O4. The van der Waals surface area contributed by atoms with Crippen molar-refractivity contribution >= 4 is 17.3 Å². The molecule has 1 amide bonds. The van der Waals surface area contributed by atoms with Gasteiger partial charge >= 0.3 is 0 Å². The van der Waals surface area contributed by atoms with Gasteiger partial charge in [0.1, 0.15) is 11.4 Å². The molecule has 0 spiro atoms. The van der Waals surface area contributed by atoms with Gasteiger partial charge in [-0.3, -0.25) is 14.9 Å². The third kappa shape index (κ3) is 4.81. The molecule has 6 heteroatoms. The molecule has 2 aromatic carbocycles. The molecule has 0 heterocycles. The van der Waals surface area contributed by atoms with Crippen molar-refractivity contribution in [3.8, 4) is 5.75 Å². The van der Waals surface area contributed by atoms with Crippen LogP contribution in [0.25, 0.3) is 0 Å². The molecule has 1 N–H and O–H groups in total. The maximum atomic E-state index is 12.0. The number of nitrogens with one attached hydrogen (secondary N) is 1. The minimum absolute atomic E-state index is 0.159. The molecule has 0 aliphatic heterocycles. The van der Waals surface area contributed by atoms with Crippen molar-refractivity contribution < 1.29 is 14.5 Å². The molecule has 0 aliphatic rings. The van der Waals surface area contributed by atoms with Crippen molar-refractivity contribution in [3.63, 3.8) is 0 Å². The maximum absolute atomic E-state index is 12.0. The quantitative estimate of drug-likeness (QED) is 0.625. The molecule has 0 saturated heterocycles. The minimum Gasteiger partial charge on any atom is -0.493 e. The van der Waals surface area contributed by atoms with E-state index in [1.807, 2.05) is 37.3 Å². The molecule has 0 unspecified atom stereocenters. The number of nitro groups is 1. The Morgan fingerprint density at radius 2 is 1.96 bits per heavy atom. The Kier molecular flexibility index (Phi) is 5.68. The predicted octanol–water partition coefficient (Wildman–Crippen LogP) is 3.56. The zero-order valence-electron chi connectivity index (χ0n) is 12.8. The van der Waals surface area contributed by atoms with Gasteiger partial charge < -0.3 is 10.1 Å².